The molecule has 5 heteroatoms. The van der Waals surface area contributed by atoms with Crippen molar-refractivity contribution in [3.8, 4) is 0 Å². The maximum Gasteiger partial charge on any atom is 4.00 e. The van der Waals surface area contributed by atoms with E-state index >= 15 is 0 Å². The largest absolute Gasteiger partial charge is 4.00 e. The van der Waals surface area contributed by atoms with Crippen molar-refractivity contribution in [2.75, 3.05) is 0 Å². The van der Waals surface area contributed by atoms with Gasteiger partial charge in [-0.25, -0.2) is 11.6 Å². The minimum Gasteiger partial charge on any atom is -1.00 e. The monoisotopic (exact) mass is 560 g/mol. The zero-order chi connectivity index (χ0) is 21.3. The fourth-order valence-corrected chi connectivity index (χ4v) is 9.93. The zero-order valence-electron chi connectivity index (χ0n) is 20.4. The first-order valence-corrected chi connectivity index (χ1v) is 13.0. The van der Waals surface area contributed by atoms with Gasteiger partial charge in [0.25, 0.3) is 0 Å². The van der Waals surface area contributed by atoms with Gasteiger partial charge in [0.1, 0.15) is 0 Å². The summed E-state index contributed by atoms with van der Waals surface area (Å²) < 4.78 is 0. The van der Waals surface area contributed by atoms with Gasteiger partial charge >= 0.3 is 21.7 Å². The summed E-state index contributed by atoms with van der Waals surface area (Å²) in [5.41, 5.74) is 5.32. The molecule has 3 aromatic carbocycles. The predicted molar refractivity (Wildman–Crippen MR) is 132 cm³/mol. The molecule has 0 spiro atoms. The molecule has 0 fully saturated rings. The Morgan fingerprint density at radius 1 is 0.676 bits per heavy atom. The van der Waals surface area contributed by atoms with Gasteiger partial charge in [-0.2, -0.15) is 5.20 Å². The van der Waals surface area contributed by atoms with Gasteiger partial charge in [0.15, 0.2) is 8.07 Å². The average Bonchev–Trinajstić information content (AvgIpc) is 3.20. The summed E-state index contributed by atoms with van der Waals surface area (Å²) in [4.78, 5) is 0. The van der Waals surface area contributed by atoms with E-state index in [9.17, 15) is 0 Å². The van der Waals surface area contributed by atoms with E-state index in [0.29, 0.717) is 5.92 Å². The van der Waals surface area contributed by atoms with E-state index in [1.165, 1.54) is 43.0 Å². The predicted octanol–water partition coefficient (Wildman–Crippen LogP) is -3.65. The average molecular weight is 562 g/mol. The van der Waals surface area contributed by atoms with Crippen LogP contribution in [0.1, 0.15) is 37.0 Å². The number of aryl methyl sites for hydroxylation is 3. The molecule has 0 heterocycles. The van der Waals surface area contributed by atoms with Crippen LogP contribution in [0, 0.1) is 32.8 Å². The fraction of sp³-hybridized carbons (Fsp3) is 0.241. The van der Waals surface area contributed by atoms with Crippen molar-refractivity contribution >= 4 is 23.6 Å². The van der Waals surface area contributed by atoms with E-state index in [1.54, 1.807) is 0 Å². The van der Waals surface area contributed by atoms with Crippen LogP contribution in [-0.4, -0.2) is 8.07 Å². The Bertz CT molecular complexity index is 1040. The van der Waals surface area contributed by atoms with Crippen LogP contribution in [0.25, 0.3) is 0 Å². The number of halogens is 3. The number of hydrogen-bond acceptors (Lipinski definition) is 0. The molecule has 0 unspecified atom stereocenters. The molecular weight excluding hydrogens is 531 g/mol. The molecule has 0 atom stereocenters. The number of benzene rings is 3. The summed E-state index contributed by atoms with van der Waals surface area (Å²) in [5.74, 6) is 0.502. The standard InChI is InChI=1S/C29H31Si.3ClH.Ti/c1-21(2)25-15-16-29(20-25)30(26-12-6-9-22(3)17-26,27-13-7-10-23(4)18-27)28-14-8-11-24(5)19-28;;;;/h6-15,17-19,21H,16H2,1-5H3;3*1H;/q-1;;;;+4/p-3. The van der Waals surface area contributed by atoms with Gasteiger partial charge < -0.3 is 37.2 Å². The Hall–Kier alpha value is -1.06. The number of rotatable bonds is 5. The molecule has 0 amide bonds. The van der Waals surface area contributed by atoms with E-state index < -0.39 is 8.07 Å². The third kappa shape index (κ3) is 6.38. The van der Waals surface area contributed by atoms with Crippen LogP contribution in [-0.2, 0) is 21.7 Å². The minimum atomic E-state index is -2.42. The molecule has 1 aliphatic rings. The quantitative estimate of drug-likeness (QED) is 0.171. The van der Waals surface area contributed by atoms with Gasteiger partial charge in [0, 0.05) is 0 Å². The second kappa shape index (κ2) is 13.9. The molecule has 0 bridgehead atoms. The van der Waals surface area contributed by atoms with Gasteiger partial charge in [0.2, 0.25) is 0 Å². The van der Waals surface area contributed by atoms with E-state index in [4.69, 9.17) is 0 Å². The maximum absolute atomic E-state index is 3.92. The maximum atomic E-state index is 3.92. The summed E-state index contributed by atoms with van der Waals surface area (Å²) >= 11 is 0. The van der Waals surface area contributed by atoms with Gasteiger partial charge in [0.05, 0.1) is 0 Å². The molecule has 0 nitrogen and oxygen atoms in total. The van der Waals surface area contributed by atoms with Gasteiger partial charge in [-0.05, 0) is 36.3 Å². The van der Waals surface area contributed by atoms with E-state index in [2.05, 4.69) is 120 Å². The molecule has 0 radical (unpaired) electrons. The molecule has 34 heavy (non-hydrogen) atoms. The normalized spacial score (nSPS) is 12.4. The van der Waals surface area contributed by atoms with Crippen molar-refractivity contribution < 1.29 is 58.9 Å². The van der Waals surface area contributed by atoms with Crippen LogP contribution >= 0.6 is 0 Å². The molecule has 4 rings (SSSR count). The van der Waals surface area contributed by atoms with Crippen molar-refractivity contribution in [3.63, 3.8) is 0 Å². The van der Waals surface area contributed by atoms with Crippen LogP contribution < -0.4 is 52.8 Å². The SMILES string of the molecule is Cc1cccc([Si](C2=[C-]C(C(C)C)=CC2)(c2cccc(C)c2)c2cccc(C)c2)c1.[Cl-].[Cl-].[Cl-].[Ti+4]. The molecular formula is C29H31Cl3SiTi. The Kier molecular flexibility index (Phi) is 13.4. The zero-order valence-corrected chi connectivity index (χ0v) is 25.3. The first-order chi connectivity index (χ1) is 14.4. The van der Waals surface area contributed by atoms with Gasteiger partial charge in [-0.15, -0.1) is 0 Å². The molecule has 0 aliphatic heterocycles. The van der Waals surface area contributed by atoms with Crippen molar-refractivity contribution in [1.29, 1.82) is 0 Å². The molecule has 0 N–H and O–H groups in total. The molecule has 0 saturated heterocycles. The first kappa shape index (κ1) is 32.9. The minimum absolute atomic E-state index is 0. The Labute approximate surface area is 240 Å². The number of allylic oxidation sites excluding steroid dienone is 4. The van der Waals surface area contributed by atoms with Crippen LogP contribution in [0.4, 0.5) is 0 Å². The Morgan fingerprint density at radius 3 is 1.35 bits per heavy atom. The van der Waals surface area contributed by atoms with Crippen molar-refractivity contribution in [3.05, 3.63) is 112 Å². The third-order valence-electron chi connectivity index (χ3n) is 6.25. The van der Waals surface area contributed by atoms with E-state index in [1.807, 2.05) is 0 Å². The summed E-state index contributed by atoms with van der Waals surface area (Å²) in [7, 11) is -2.42. The third-order valence-corrected chi connectivity index (χ3v) is 11.0. The fourth-order valence-electron chi connectivity index (χ4n) is 4.77. The summed E-state index contributed by atoms with van der Waals surface area (Å²) in [6.45, 7) is 11.2. The van der Waals surface area contributed by atoms with Gasteiger partial charge in [-0.1, -0.05) is 116 Å². The molecule has 0 aromatic heterocycles. The topological polar surface area (TPSA) is 0 Å². The molecule has 0 saturated carbocycles. The number of hydrogen-bond donors (Lipinski definition) is 0. The van der Waals surface area contributed by atoms with E-state index in [0.717, 1.165) is 6.42 Å². The molecule has 1 aliphatic carbocycles. The smallest absolute Gasteiger partial charge is 1.00 e. The Balaban J connectivity index is 0.00000272. The van der Waals surface area contributed by atoms with Gasteiger partial charge in [-0.3, -0.25) is 6.08 Å². The molecule has 176 valence electrons. The second-order valence-corrected chi connectivity index (χ2v) is 12.8. The van der Waals surface area contributed by atoms with Crippen LogP contribution in [0.2, 0.25) is 0 Å². The summed E-state index contributed by atoms with van der Waals surface area (Å²) in [6, 6.07) is 27.6. The van der Waals surface area contributed by atoms with Crippen LogP contribution in [0.3, 0.4) is 0 Å². The van der Waals surface area contributed by atoms with Crippen LogP contribution in [0.5, 0.6) is 0 Å². The second-order valence-electron chi connectivity index (χ2n) is 8.98. The summed E-state index contributed by atoms with van der Waals surface area (Å²) in [6.07, 6.45) is 7.33. The summed E-state index contributed by atoms with van der Waals surface area (Å²) in [5, 5.41) is 5.85. The van der Waals surface area contributed by atoms with Crippen LogP contribution in [0.15, 0.2) is 89.6 Å². The molecule has 3 aromatic rings. The Morgan fingerprint density at radius 2 is 1.06 bits per heavy atom. The van der Waals surface area contributed by atoms with Crippen molar-refractivity contribution in [2.24, 2.45) is 5.92 Å². The van der Waals surface area contributed by atoms with E-state index in [-0.39, 0.29) is 58.9 Å². The van der Waals surface area contributed by atoms with Crippen molar-refractivity contribution in [2.45, 2.75) is 41.0 Å². The first-order valence-electron chi connectivity index (χ1n) is 11.0. The van der Waals surface area contributed by atoms with Crippen molar-refractivity contribution in [1.82, 2.24) is 0 Å².